The molecule has 7 heteroatoms. The highest BCUT2D eigenvalue weighted by Crippen LogP contribution is 2.26. The fourth-order valence-corrected chi connectivity index (χ4v) is 1.76. The molecule has 0 aromatic heterocycles. The normalized spacial score (nSPS) is 13.8. The van der Waals surface area contributed by atoms with Crippen LogP contribution in [0.3, 0.4) is 0 Å². The van der Waals surface area contributed by atoms with E-state index in [1.54, 1.807) is 6.92 Å². The molecule has 1 aromatic rings. The molecule has 0 spiro atoms. The number of benzene rings is 1. The lowest BCUT2D eigenvalue weighted by Gasteiger charge is -2.24. The Balaban J connectivity index is 3.01. The summed E-state index contributed by atoms with van der Waals surface area (Å²) in [6.07, 6.45) is 0.348. The van der Waals surface area contributed by atoms with Gasteiger partial charge in [0, 0.05) is 12.6 Å². The van der Waals surface area contributed by atoms with Crippen molar-refractivity contribution in [3.8, 4) is 0 Å². The van der Waals surface area contributed by atoms with E-state index in [9.17, 15) is 14.9 Å². The summed E-state index contributed by atoms with van der Waals surface area (Å²) in [5, 5.41) is 23.1. The van der Waals surface area contributed by atoms with Crippen molar-refractivity contribution < 1.29 is 14.8 Å². The zero-order valence-corrected chi connectivity index (χ0v) is 11.4. The van der Waals surface area contributed by atoms with Gasteiger partial charge in [0.2, 0.25) is 0 Å². The molecule has 1 aromatic carbocycles. The quantitative estimate of drug-likeness (QED) is 0.619. The smallest absolute Gasteiger partial charge is 0.323 e. The molecule has 1 rings (SSSR count). The zero-order valence-electron chi connectivity index (χ0n) is 10.6. The number of nitro groups is 1. The van der Waals surface area contributed by atoms with E-state index < -0.39 is 16.4 Å². The van der Waals surface area contributed by atoms with Crippen LogP contribution >= 0.6 is 11.6 Å². The highest BCUT2D eigenvalue weighted by molar-refractivity contribution is 6.31. The van der Waals surface area contributed by atoms with Gasteiger partial charge in [0.05, 0.1) is 15.5 Å². The number of halogens is 1. The lowest BCUT2D eigenvalue weighted by molar-refractivity contribution is -0.385. The van der Waals surface area contributed by atoms with E-state index in [4.69, 9.17) is 16.7 Å². The first-order chi connectivity index (χ1) is 8.81. The van der Waals surface area contributed by atoms with Crippen molar-refractivity contribution in [3.63, 3.8) is 0 Å². The molecule has 0 bridgehead atoms. The second-order valence-corrected chi connectivity index (χ2v) is 4.75. The van der Waals surface area contributed by atoms with Gasteiger partial charge in [-0.15, -0.1) is 0 Å². The molecule has 0 amide bonds. The lowest BCUT2D eigenvalue weighted by Crippen LogP contribution is -2.48. The van der Waals surface area contributed by atoms with E-state index in [1.165, 1.54) is 25.1 Å². The largest absolute Gasteiger partial charge is 0.480 e. The summed E-state index contributed by atoms with van der Waals surface area (Å²) in [6.45, 7) is 3.27. The van der Waals surface area contributed by atoms with E-state index in [0.29, 0.717) is 6.42 Å². The summed E-state index contributed by atoms with van der Waals surface area (Å²) in [6, 6.07) is 4.36. The predicted molar refractivity (Wildman–Crippen MR) is 71.3 cm³/mol. The van der Waals surface area contributed by atoms with Crippen LogP contribution in [0.15, 0.2) is 18.2 Å². The highest BCUT2D eigenvalue weighted by atomic mass is 35.5. The molecule has 0 aliphatic rings. The van der Waals surface area contributed by atoms with Crippen molar-refractivity contribution >= 4 is 23.3 Å². The Labute approximate surface area is 115 Å². The van der Waals surface area contributed by atoms with Gasteiger partial charge < -0.3 is 5.11 Å². The summed E-state index contributed by atoms with van der Waals surface area (Å²) < 4.78 is 0. The van der Waals surface area contributed by atoms with Crippen molar-refractivity contribution in [3.05, 3.63) is 38.9 Å². The number of carboxylic acid groups (broad SMARTS) is 1. The molecule has 6 nitrogen and oxygen atoms in total. The summed E-state index contributed by atoms with van der Waals surface area (Å²) >= 11 is 5.93. The average molecular weight is 287 g/mol. The van der Waals surface area contributed by atoms with Gasteiger partial charge in [0.25, 0.3) is 5.69 Å². The molecule has 0 heterocycles. The molecule has 104 valence electrons. The molecule has 1 atom stereocenters. The van der Waals surface area contributed by atoms with Crippen LogP contribution in [0.1, 0.15) is 25.8 Å². The van der Waals surface area contributed by atoms with E-state index in [1.807, 2.05) is 0 Å². The maximum absolute atomic E-state index is 11.1. The van der Waals surface area contributed by atoms with Gasteiger partial charge in [0.15, 0.2) is 0 Å². The number of hydrogen-bond donors (Lipinski definition) is 2. The van der Waals surface area contributed by atoms with E-state index >= 15 is 0 Å². The number of nitrogens with one attached hydrogen (secondary N) is 1. The third-order valence-electron chi connectivity index (χ3n) is 3.13. The number of rotatable bonds is 6. The fourth-order valence-electron chi connectivity index (χ4n) is 1.53. The monoisotopic (exact) mass is 286 g/mol. The molecular weight excluding hydrogens is 272 g/mol. The topological polar surface area (TPSA) is 92.5 Å². The molecule has 0 saturated heterocycles. The highest BCUT2D eigenvalue weighted by Gasteiger charge is 2.31. The Kier molecular flexibility index (Phi) is 4.85. The van der Waals surface area contributed by atoms with Gasteiger partial charge in [-0.05, 0) is 19.4 Å². The van der Waals surface area contributed by atoms with Crippen LogP contribution < -0.4 is 5.32 Å². The minimum atomic E-state index is -1.15. The second kappa shape index (κ2) is 5.99. The minimum absolute atomic E-state index is 0.0205. The molecule has 0 aliphatic heterocycles. The molecule has 0 saturated carbocycles. The van der Waals surface area contributed by atoms with Crippen LogP contribution in [-0.4, -0.2) is 21.5 Å². The molecule has 0 fully saturated rings. The third-order valence-corrected chi connectivity index (χ3v) is 3.48. The number of carbonyl (C=O) groups is 1. The van der Waals surface area contributed by atoms with Gasteiger partial charge in [-0.1, -0.05) is 24.6 Å². The average Bonchev–Trinajstić information content (AvgIpc) is 2.36. The van der Waals surface area contributed by atoms with Crippen molar-refractivity contribution in [2.75, 3.05) is 0 Å². The first-order valence-electron chi connectivity index (χ1n) is 5.72. The van der Waals surface area contributed by atoms with Crippen LogP contribution in [0.2, 0.25) is 5.02 Å². The van der Waals surface area contributed by atoms with Crippen LogP contribution in [0.5, 0.6) is 0 Å². The molecular formula is C12H15ClN2O4. The van der Waals surface area contributed by atoms with Gasteiger partial charge in [0.1, 0.15) is 5.54 Å². The molecule has 1 unspecified atom stereocenters. The van der Waals surface area contributed by atoms with Gasteiger partial charge in [-0.3, -0.25) is 20.2 Å². The molecule has 2 N–H and O–H groups in total. The number of hydrogen-bond acceptors (Lipinski definition) is 4. The second-order valence-electron chi connectivity index (χ2n) is 4.34. The standard InChI is InChI=1S/C12H15ClN2O4/c1-3-12(2,11(16)17)14-7-8-9(13)5-4-6-10(8)15(18)19/h4-6,14H,3,7H2,1-2H3,(H,16,17). The first kappa shape index (κ1) is 15.4. The maximum atomic E-state index is 11.1. The number of nitrogens with zero attached hydrogens (tertiary/aromatic N) is 1. The first-order valence-corrected chi connectivity index (χ1v) is 6.10. The Morgan fingerprint density at radius 1 is 1.58 bits per heavy atom. The van der Waals surface area contributed by atoms with Crippen LogP contribution in [0.25, 0.3) is 0 Å². The van der Waals surface area contributed by atoms with E-state index in [0.717, 1.165) is 0 Å². The van der Waals surface area contributed by atoms with Crippen LogP contribution in [-0.2, 0) is 11.3 Å². The Bertz CT molecular complexity index is 507. The SMILES string of the molecule is CCC(C)(NCc1c(Cl)cccc1[N+](=O)[O-])C(=O)O. The van der Waals surface area contributed by atoms with Crippen LogP contribution in [0, 0.1) is 10.1 Å². The third kappa shape index (κ3) is 3.42. The molecule has 0 aliphatic carbocycles. The Morgan fingerprint density at radius 2 is 2.21 bits per heavy atom. The number of aliphatic carboxylic acids is 1. The number of carboxylic acids is 1. The van der Waals surface area contributed by atoms with Gasteiger partial charge in [-0.2, -0.15) is 0 Å². The van der Waals surface area contributed by atoms with E-state index in [2.05, 4.69) is 5.32 Å². The number of nitro benzene ring substituents is 1. The van der Waals surface area contributed by atoms with Crippen molar-refractivity contribution in [1.82, 2.24) is 5.32 Å². The van der Waals surface area contributed by atoms with Gasteiger partial charge in [-0.25, -0.2) is 0 Å². The summed E-state index contributed by atoms with van der Waals surface area (Å²) in [5.74, 6) is -1.01. The van der Waals surface area contributed by atoms with E-state index in [-0.39, 0.29) is 22.8 Å². The summed E-state index contributed by atoms with van der Waals surface area (Å²) in [4.78, 5) is 21.5. The fraction of sp³-hybridized carbons (Fsp3) is 0.417. The van der Waals surface area contributed by atoms with Crippen molar-refractivity contribution in [2.24, 2.45) is 0 Å². The van der Waals surface area contributed by atoms with Crippen molar-refractivity contribution in [1.29, 1.82) is 0 Å². The van der Waals surface area contributed by atoms with Gasteiger partial charge >= 0.3 is 5.97 Å². The molecule has 19 heavy (non-hydrogen) atoms. The summed E-state index contributed by atoms with van der Waals surface area (Å²) in [7, 11) is 0. The Morgan fingerprint density at radius 3 is 2.68 bits per heavy atom. The lowest BCUT2D eigenvalue weighted by atomic mass is 9.98. The van der Waals surface area contributed by atoms with Crippen molar-refractivity contribution in [2.45, 2.75) is 32.4 Å². The Hall–Kier alpha value is -1.66. The van der Waals surface area contributed by atoms with Crippen LogP contribution in [0.4, 0.5) is 5.69 Å². The molecule has 0 radical (unpaired) electrons. The predicted octanol–water partition coefficient (Wildman–Crippen LogP) is 2.59. The minimum Gasteiger partial charge on any atom is -0.480 e. The summed E-state index contributed by atoms with van der Waals surface area (Å²) in [5.41, 5.74) is -0.980. The maximum Gasteiger partial charge on any atom is 0.323 e. The zero-order chi connectivity index (χ0) is 14.6.